The first-order chi connectivity index (χ1) is 13.2. The highest BCUT2D eigenvalue weighted by molar-refractivity contribution is 6.33. The molecule has 140 valence electrons. The second-order valence-corrected chi connectivity index (χ2v) is 10.3. The van der Waals surface area contributed by atoms with Crippen molar-refractivity contribution in [2.45, 2.75) is 52.4 Å². The van der Waals surface area contributed by atoms with Gasteiger partial charge in [0.2, 0.25) is 0 Å². The summed E-state index contributed by atoms with van der Waals surface area (Å²) >= 11 is 0. The zero-order chi connectivity index (χ0) is 19.8. The van der Waals surface area contributed by atoms with E-state index in [0.717, 1.165) is 0 Å². The third-order valence-electron chi connectivity index (χ3n) is 6.26. The van der Waals surface area contributed by atoms with Gasteiger partial charge in [0, 0.05) is 0 Å². The predicted molar refractivity (Wildman–Crippen MR) is 125 cm³/mol. The first-order valence-corrected chi connectivity index (χ1v) is 10.3. The van der Waals surface area contributed by atoms with Gasteiger partial charge in [0.1, 0.15) is 0 Å². The lowest BCUT2D eigenvalue weighted by molar-refractivity contribution is 0.592. The second kappa shape index (κ2) is 5.47. The summed E-state index contributed by atoms with van der Waals surface area (Å²) in [5.74, 6) is 0. The highest BCUT2D eigenvalue weighted by Crippen LogP contribution is 2.45. The van der Waals surface area contributed by atoms with Crippen LogP contribution in [-0.2, 0) is 10.8 Å². The summed E-state index contributed by atoms with van der Waals surface area (Å²) in [4.78, 5) is 0. The average Bonchev–Trinajstić information content (AvgIpc) is 2.63. The van der Waals surface area contributed by atoms with Crippen molar-refractivity contribution in [2.75, 3.05) is 0 Å². The van der Waals surface area contributed by atoms with Gasteiger partial charge in [-0.1, -0.05) is 96.1 Å². The normalized spacial score (nSPS) is 13.4. The molecule has 0 unspecified atom stereocenters. The smallest absolute Gasteiger partial charge is 0.00234 e. The summed E-state index contributed by atoms with van der Waals surface area (Å²) in [6.07, 6.45) is 0. The Morgan fingerprint density at radius 1 is 0.500 bits per heavy atom. The first kappa shape index (κ1) is 17.5. The van der Waals surface area contributed by atoms with E-state index < -0.39 is 0 Å². The van der Waals surface area contributed by atoms with Gasteiger partial charge < -0.3 is 0 Å². The molecule has 0 heterocycles. The van der Waals surface area contributed by atoms with Gasteiger partial charge >= 0.3 is 0 Å². The number of benzene rings is 5. The van der Waals surface area contributed by atoms with Crippen LogP contribution in [0.25, 0.3) is 43.1 Å². The van der Waals surface area contributed by atoms with Crippen LogP contribution in [0.4, 0.5) is 0 Å². The zero-order valence-electron chi connectivity index (χ0n) is 17.8. The van der Waals surface area contributed by atoms with E-state index in [4.69, 9.17) is 0 Å². The highest BCUT2D eigenvalue weighted by atomic mass is 14.3. The molecule has 0 atom stereocenters. The Kier molecular flexibility index (Phi) is 3.42. The van der Waals surface area contributed by atoms with E-state index in [1.54, 1.807) is 0 Å². The summed E-state index contributed by atoms with van der Waals surface area (Å²) in [5, 5.41) is 11.1. The van der Waals surface area contributed by atoms with Crippen LogP contribution in [0.15, 0.2) is 60.7 Å². The molecule has 0 saturated carbocycles. The van der Waals surface area contributed by atoms with Crippen molar-refractivity contribution in [1.82, 2.24) is 0 Å². The fraction of sp³-hybridized carbons (Fsp3) is 0.286. The quantitative estimate of drug-likeness (QED) is 0.191. The number of hydrogen-bond donors (Lipinski definition) is 0. The maximum absolute atomic E-state index is 2.44. The molecule has 5 aromatic rings. The van der Waals surface area contributed by atoms with Gasteiger partial charge in [0.15, 0.2) is 0 Å². The van der Waals surface area contributed by atoms with Gasteiger partial charge in [-0.25, -0.2) is 0 Å². The summed E-state index contributed by atoms with van der Waals surface area (Å²) < 4.78 is 0. The Balaban J connectivity index is 2.15. The lowest BCUT2D eigenvalue weighted by Crippen LogP contribution is -2.12. The highest BCUT2D eigenvalue weighted by Gasteiger charge is 2.23. The SMILES string of the molecule is CC(C)(C)c1cc2cccc3c4c(C(C)(C)C)ccc5cccc(c(c1)c23)c54. The summed E-state index contributed by atoms with van der Waals surface area (Å²) in [7, 11) is 0. The van der Waals surface area contributed by atoms with Crippen molar-refractivity contribution in [3.8, 4) is 0 Å². The molecule has 0 saturated heterocycles. The average molecular weight is 365 g/mol. The second-order valence-electron chi connectivity index (χ2n) is 10.3. The Morgan fingerprint density at radius 2 is 1.18 bits per heavy atom. The Hall–Kier alpha value is -2.60. The molecule has 0 amide bonds. The van der Waals surface area contributed by atoms with Gasteiger partial charge in [-0.3, -0.25) is 0 Å². The molecule has 28 heavy (non-hydrogen) atoms. The van der Waals surface area contributed by atoms with Crippen molar-refractivity contribution < 1.29 is 0 Å². The molecule has 0 fully saturated rings. The maximum Gasteiger partial charge on any atom is -0.00234 e. The van der Waals surface area contributed by atoms with Crippen molar-refractivity contribution >= 4 is 43.1 Å². The number of rotatable bonds is 0. The van der Waals surface area contributed by atoms with E-state index in [1.807, 2.05) is 0 Å². The van der Waals surface area contributed by atoms with E-state index in [9.17, 15) is 0 Å². The lowest BCUT2D eigenvalue weighted by Gasteiger charge is -2.26. The topological polar surface area (TPSA) is 0 Å². The molecule has 0 aliphatic rings. The Bertz CT molecular complexity index is 1350. The molecule has 0 spiro atoms. The third kappa shape index (κ3) is 2.37. The van der Waals surface area contributed by atoms with Gasteiger partial charge in [-0.2, -0.15) is 0 Å². The van der Waals surface area contributed by atoms with Crippen LogP contribution in [0.2, 0.25) is 0 Å². The van der Waals surface area contributed by atoms with Crippen LogP contribution in [0.3, 0.4) is 0 Å². The van der Waals surface area contributed by atoms with E-state index in [-0.39, 0.29) is 10.8 Å². The van der Waals surface area contributed by atoms with Crippen LogP contribution in [0, 0.1) is 0 Å². The van der Waals surface area contributed by atoms with Crippen LogP contribution in [0.5, 0.6) is 0 Å². The molecule has 0 N–H and O–H groups in total. The van der Waals surface area contributed by atoms with E-state index >= 15 is 0 Å². The molecule has 0 bridgehead atoms. The monoisotopic (exact) mass is 364 g/mol. The zero-order valence-corrected chi connectivity index (χ0v) is 17.8. The molecule has 0 aromatic heterocycles. The lowest BCUT2D eigenvalue weighted by atomic mass is 9.78. The first-order valence-electron chi connectivity index (χ1n) is 10.3. The van der Waals surface area contributed by atoms with Gasteiger partial charge in [0.05, 0.1) is 0 Å². The van der Waals surface area contributed by atoms with Crippen LogP contribution in [0.1, 0.15) is 52.7 Å². The number of hydrogen-bond acceptors (Lipinski definition) is 0. The molecule has 0 radical (unpaired) electrons. The number of fused-ring (bicyclic) bond motifs is 2. The Morgan fingerprint density at radius 3 is 1.86 bits per heavy atom. The molecule has 0 aliphatic carbocycles. The van der Waals surface area contributed by atoms with E-state index in [1.165, 1.54) is 54.2 Å². The van der Waals surface area contributed by atoms with Gasteiger partial charge in [-0.05, 0) is 71.1 Å². The molecule has 0 aliphatic heterocycles. The molecule has 0 heteroatoms. The van der Waals surface area contributed by atoms with Crippen molar-refractivity contribution in [1.29, 1.82) is 0 Å². The third-order valence-corrected chi connectivity index (χ3v) is 6.26. The molecular formula is C28H28. The molecule has 0 nitrogen and oxygen atoms in total. The summed E-state index contributed by atoms with van der Waals surface area (Å²) in [6, 6.07) is 23.1. The van der Waals surface area contributed by atoms with Crippen molar-refractivity contribution in [3.63, 3.8) is 0 Å². The Labute approximate surface area is 167 Å². The van der Waals surface area contributed by atoms with E-state index in [2.05, 4.69) is 102 Å². The minimum atomic E-state index is 0.0989. The standard InChI is InChI=1S/C28H28/c1-27(2,3)19-15-18-10-8-12-21-24(18)22(16-19)20-11-7-9-17-13-14-23(28(4,5)6)26(21)25(17)20/h7-16H,1-6H3. The van der Waals surface area contributed by atoms with Crippen LogP contribution in [-0.4, -0.2) is 0 Å². The van der Waals surface area contributed by atoms with Gasteiger partial charge in [0.25, 0.3) is 0 Å². The molecule has 5 aromatic carbocycles. The van der Waals surface area contributed by atoms with Crippen molar-refractivity contribution in [2.24, 2.45) is 0 Å². The fourth-order valence-electron chi connectivity index (χ4n) is 4.79. The molecule has 5 rings (SSSR count). The van der Waals surface area contributed by atoms with Crippen LogP contribution < -0.4 is 0 Å². The van der Waals surface area contributed by atoms with Crippen molar-refractivity contribution in [3.05, 3.63) is 71.8 Å². The minimum absolute atomic E-state index is 0.0989. The van der Waals surface area contributed by atoms with E-state index in [0.29, 0.717) is 0 Å². The fourth-order valence-corrected chi connectivity index (χ4v) is 4.79. The van der Waals surface area contributed by atoms with Gasteiger partial charge in [-0.15, -0.1) is 0 Å². The summed E-state index contributed by atoms with van der Waals surface area (Å²) in [6.45, 7) is 13.9. The largest absolute Gasteiger partial charge is 0.0610 e. The predicted octanol–water partition coefficient (Wildman–Crippen LogP) is 8.33. The minimum Gasteiger partial charge on any atom is -0.0610 e. The summed E-state index contributed by atoms with van der Waals surface area (Å²) in [5.41, 5.74) is 3.06. The molecular weight excluding hydrogens is 336 g/mol. The van der Waals surface area contributed by atoms with Crippen LogP contribution >= 0.6 is 0 Å². The maximum atomic E-state index is 2.44.